The van der Waals surface area contributed by atoms with E-state index in [2.05, 4.69) is 4.74 Å². The maximum absolute atomic E-state index is 12.1. The second kappa shape index (κ2) is 6.12. The number of hydrogen-bond acceptors (Lipinski definition) is 3. The number of ether oxygens (including phenoxy) is 1. The molecule has 0 fully saturated rings. The molecule has 0 unspecified atom stereocenters. The van der Waals surface area contributed by atoms with Crippen LogP contribution in [0.4, 0.5) is 26.3 Å². The fraction of sp³-hybridized carbons (Fsp3) is 0.364. The Kier molecular flexibility index (Phi) is 4.98. The van der Waals surface area contributed by atoms with E-state index in [0.717, 1.165) is 12.1 Å². The molecule has 0 aromatic heterocycles. The number of para-hydroxylation sites is 1. The molecule has 9 heteroatoms. The molecule has 0 atom stereocenters. The molecule has 1 aromatic rings. The van der Waals surface area contributed by atoms with Gasteiger partial charge in [-0.25, -0.2) is 0 Å². The highest BCUT2D eigenvalue weighted by molar-refractivity contribution is 6.00. The van der Waals surface area contributed by atoms with Crippen LogP contribution < -0.4 is 10.1 Å². The molecule has 0 spiro atoms. The Hall–Kier alpha value is -1.77. The summed E-state index contributed by atoms with van der Waals surface area (Å²) in [7, 11) is 0. The molecule has 0 aliphatic heterocycles. The molecule has 1 rings (SSSR count). The third-order valence-electron chi connectivity index (χ3n) is 2.02. The molecule has 0 bridgehead atoms. The number of nitrogens with one attached hydrogen (secondary N) is 1. The van der Waals surface area contributed by atoms with Crippen LogP contribution in [0.15, 0.2) is 24.3 Å². The Balaban J connectivity index is 2.73. The lowest BCUT2D eigenvalue weighted by atomic mass is 10.1. The molecular weight excluding hydrogens is 292 g/mol. The van der Waals surface area contributed by atoms with E-state index in [-0.39, 0.29) is 0 Å². The van der Waals surface area contributed by atoms with Crippen molar-refractivity contribution in [1.29, 1.82) is 0 Å². The van der Waals surface area contributed by atoms with Gasteiger partial charge in [0.05, 0.1) is 18.7 Å². The quantitative estimate of drug-likeness (QED) is 0.671. The van der Waals surface area contributed by atoms with Gasteiger partial charge < -0.3 is 10.1 Å². The summed E-state index contributed by atoms with van der Waals surface area (Å²) >= 11 is 0. The predicted octanol–water partition coefficient (Wildman–Crippen LogP) is 2.92. The van der Waals surface area contributed by atoms with Gasteiger partial charge in [-0.05, 0) is 12.1 Å². The van der Waals surface area contributed by atoms with Gasteiger partial charge in [-0.1, -0.05) is 12.1 Å². The largest absolute Gasteiger partial charge is 0.573 e. The van der Waals surface area contributed by atoms with E-state index in [9.17, 15) is 31.1 Å². The molecular formula is C11H9F6NO2. The standard InChI is InChI=1S/C11H9F6NO2/c12-10(13,14)6-18-5-8(19)7-3-1-2-4-9(7)20-11(15,16)17/h1-4,18H,5-6H2. The summed E-state index contributed by atoms with van der Waals surface area (Å²) in [5.74, 6) is -1.69. The molecule has 112 valence electrons. The average Bonchev–Trinajstić information content (AvgIpc) is 2.25. The monoisotopic (exact) mass is 301 g/mol. The number of ketones is 1. The van der Waals surface area contributed by atoms with E-state index in [1.807, 2.05) is 0 Å². The fourth-order valence-corrected chi connectivity index (χ4v) is 1.32. The molecule has 3 nitrogen and oxygen atoms in total. The van der Waals surface area contributed by atoms with Crippen LogP contribution in [0.3, 0.4) is 0 Å². The molecule has 1 N–H and O–H groups in total. The number of hydrogen-bond donors (Lipinski definition) is 1. The van der Waals surface area contributed by atoms with Crippen molar-refractivity contribution in [2.75, 3.05) is 13.1 Å². The summed E-state index contributed by atoms with van der Waals surface area (Å²) in [4.78, 5) is 11.6. The number of benzene rings is 1. The minimum atomic E-state index is -4.99. The predicted molar refractivity (Wildman–Crippen MR) is 56.4 cm³/mol. The summed E-state index contributed by atoms with van der Waals surface area (Å²) in [6.07, 6.45) is -9.50. The Morgan fingerprint density at radius 2 is 1.70 bits per heavy atom. The van der Waals surface area contributed by atoms with Gasteiger partial charge in [-0.3, -0.25) is 4.79 Å². The van der Waals surface area contributed by atoms with E-state index in [0.29, 0.717) is 0 Å². The molecule has 0 aliphatic carbocycles. The minimum Gasteiger partial charge on any atom is -0.405 e. The highest BCUT2D eigenvalue weighted by Crippen LogP contribution is 2.26. The molecule has 20 heavy (non-hydrogen) atoms. The van der Waals surface area contributed by atoms with E-state index < -0.39 is 42.7 Å². The van der Waals surface area contributed by atoms with Gasteiger partial charge in [0.25, 0.3) is 0 Å². The first-order chi connectivity index (χ1) is 9.08. The van der Waals surface area contributed by atoms with Gasteiger partial charge in [0.1, 0.15) is 5.75 Å². The first-order valence-corrected chi connectivity index (χ1v) is 5.24. The first kappa shape index (κ1) is 16.3. The Morgan fingerprint density at radius 3 is 2.25 bits per heavy atom. The van der Waals surface area contributed by atoms with Crippen LogP contribution in [0, 0.1) is 0 Å². The maximum Gasteiger partial charge on any atom is 0.573 e. The van der Waals surface area contributed by atoms with E-state index in [1.54, 1.807) is 5.32 Å². The third-order valence-corrected chi connectivity index (χ3v) is 2.02. The van der Waals surface area contributed by atoms with Crippen molar-refractivity contribution in [3.63, 3.8) is 0 Å². The second-order valence-electron chi connectivity index (χ2n) is 3.69. The van der Waals surface area contributed by atoms with Crippen LogP contribution in [-0.4, -0.2) is 31.4 Å². The number of rotatable bonds is 5. The fourth-order valence-electron chi connectivity index (χ4n) is 1.32. The Bertz CT molecular complexity index is 469. The SMILES string of the molecule is O=C(CNCC(F)(F)F)c1ccccc1OC(F)(F)F. The van der Waals surface area contributed by atoms with Crippen LogP contribution in [0.5, 0.6) is 5.75 Å². The lowest BCUT2D eigenvalue weighted by Gasteiger charge is -2.13. The Labute approximate surface area is 109 Å². The van der Waals surface area contributed by atoms with Gasteiger partial charge in [0, 0.05) is 0 Å². The van der Waals surface area contributed by atoms with Gasteiger partial charge in [-0.15, -0.1) is 13.2 Å². The van der Waals surface area contributed by atoms with Crippen molar-refractivity contribution in [3.05, 3.63) is 29.8 Å². The van der Waals surface area contributed by atoms with Gasteiger partial charge in [0.2, 0.25) is 0 Å². The van der Waals surface area contributed by atoms with Crippen molar-refractivity contribution in [2.24, 2.45) is 0 Å². The summed E-state index contributed by atoms with van der Waals surface area (Å²) in [6, 6.07) is 4.43. The Morgan fingerprint density at radius 1 is 1.10 bits per heavy atom. The van der Waals surface area contributed by atoms with Crippen LogP contribution in [0.2, 0.25) is 0 Å². The van der Waals surface area contributed by atoms with E-state index in [1.165, 1.54) is 12.1 Å². The molecule has 0 radical (unpaired) electrons. The van der Waals surface area contributed by atoms with Gasteiger partial charge in [-0.2, -0.15) is 13.2 Å². The smallest absolute Gasteiger partial charge is 0.405 e. The van der Waals surface area contributed by atoms with Crippen molar-refractivity contribution < 1.29 is 35.9 Å². The van der Waals surface area contributed by atoms with Crippen LogP contribution in [0.1, 0.15) is 10.4 Å². The first-order valence-electron chi connectivity index (χ1n) is 5.24. The average molecular weight is 301 g/mol. The molecule has 1 aromatic carbocycles. The van der Waals surface area contributed by atoms with E-state index in [4.69, 9.17) is 0 Å². The molecule has 0 amide bonds. The van der Waals surface area contributed by atoms with Crippen LogP contribution in [0.25, 0.3) is 0 Å². The zero-order valence-corrected chi connectivity index (χ0v) is 9.81. The summed E-state index contributed by atoms with van der Waals surface area (Å²) < 4.78 is 75.5. The van der Waals surface area contributed by atoms with Gasteiger partial charge in [0.15, 0.2) is 5.78 Å². The summed E-state index contributed by atoms with van der Waals surface area (Å²) in [6.45, 7) is -2.17. The number of carbonyl (C=O) groups excluding carboxylic acids is 1. The van der Waals surface area contributed by atoms with Crippen molar-refractivity contribution in [2.45, 2.75) is 12.5 Å². The highest BCUT2D eigenvalue weighted by atomic mass is 19.4. The molecule has 0 saturated heterocycles. The minimum absolute atomic E-state index is 0.445. The molecule has 0 saturated carbocycles. The highest BCUT2D eigenvalue weighted by Gasteiger charge is 2.33. The summed E-state index contributed by atoms with van der Waals surface area (Å²) in [5.41, 5.74) is -0.445. The number of alkyl halides is 6. The lowest BCUT2D eigenvalue weighted by Crippen LogP contribution is -2.33. The van der Waals surface area contributed by atoms with Crippen LogP contribution >= 0.6 is 0 Å². The van der Waals surface area contributed by atoms with Crippen LogP contribution in [-0.2, 0) is 0 Å². The van der Waals surface area contributed by atoms with Crippen molar-refractivity contribution in [1.82, 2.24) is 5.32 Å². The zero-order valence-electron chi connectivity index (χ0n) is 9.81. The van der Waals surface area contributed by atoms with Crippen molar-refractivity contribution >= 4 is 5.78 Å². The lowest BCUT2D eigenvalue weighted by molar-refractivity contribution is -0.274. The normalized spacial score (nSPS) is 12.3. The zero-order chi connectivity index (χ0) is 15.4. The third kappa shape index (κ3) is 5.91. The van der Waals surface area contributed by atoms with E-state index >= 15 is 0 Å². The number of halogens is 6. The van der Waals surface area contributed by atoms with Crippen molar-refractivity contribution in [3.8, 4) is 5.75 Å². The summed E-state index contributed by atoms with van der Waals surface area (Å²) in [5, 5.41) is 1.80. The van der Waals surface area contributed by atoms with Gasteiger partial charge >= 0.3 is 12.5 Å². The molecule has 0 heterocycles. The number of carbonyl (C=O) groups is 1. The number of Topliss-reactive ketones (excluding diaryl/α,β-unsaturated/α-hetero) is 1. The maximum atomic E-state index is 12.1. The molecule has 0 aliphatic rings. The second-order valence-corrected chi connectivity index (χ2v) is 3.69. The topological polar surface area (TPSA) is 38.3 Å².